The average molecular weight is 286 g/mol. The fourth-order valence-corrected chi connectivity index (χ4v) is 1.76. The molecule has 0 aliphatic carbocycles. The first-order valence-corrected chi connectivity index (χ1v) is 5.88. The Labute approximate surface area is 105 Å². The zero-order chi connectivity index (χ0) is 12.1. The molecule has 0 N–H and O–H groups in total. The molecule has 0 unspecified atom stereocenters. The molecule has 0 aliphatic rings. The van der Waals surface area contributed by atoms with Crippen LogP contribution >= 0.6 is 15.9 Å². The lowest BCUT2D eigenvalue weighted by Crippen LogP contribution is -2.20. The number of anilines is 1. The number of ketones is 1. The van der Waals surface area contributed by atoms with Gasteiger partial charge in [0.15, 0.2) is 0 Å². The number of benzene rings is 1. The third-order valence-electron chi connectivity index (χ3n) is 2.35. The SMILES string of the molecule is COc1ccc(Br)cc1N(C)CCC(C)=O. The Morgan fingerprint density at radius 2 is 2.19 bits per heavy atom. The molecule has 1 aromatic carbocycles. The molecule has 3 nitrogen and oxygen atoms in total. The molecule has 0 atom stereocenters. The monoisotopic (exact) mass is 285 g/mol. The molecule has 0 heterocycles. The smallest absolute Gasteiger partial charge is 0.142 e. The van der Waals surface area contributed by atoms with E-state index in [-0.39, 0.29) is 5.78 Å². The van der Waals surface area contributed by atoms with Crippen LogP contribution in [-0.4, -0.2) is 26.5 Å². The molecule has 1 rings (SSSR count). The van der Waals surface area contributed by atoms with E-state index in [1.54, 1.807) is 14.0 Å². The van der Waals surface area contributed by atoms with E-state index < -0.39 is 0 Å². The molecule has 0 amide bonds. The summed E-state index contributed by atoms with van der Waals surface area (Å²) in [5.41, 5.74) is 0.984. The number of nitrogens with zero attached hydrogens (tertiary/aromatic N) is 1. The Balaban J connectivity index is 2.84. The summed E-state index contributed by atoms with van der Waals surface area (Å²) >= 11 is 3.42. The Hall–Kier alpha value is -1.03. The maximum atomic E-state index is 10.9. The molecule has 0 radical (unpaired) electrons. The molecule has 0 bridgehead atoms. The molecule has 1 aromatic rings. The predicted molar refractivity (Wildman–Crippen MR) is 69.3 cm³/mol. The van der Waals surface area contributed by atoms with Gasteiger partial charge in [-0.05, 0) is 25.1 Å². The molecule has 88 valence electrons. The maximum absolute atomic E-state index is 10.9. The summed E-state index contributed by atoms with van der Waals surface area (Å²) in [6, 6.07) is 5.82. The van der Waals surface area contributed by atoms with Gasteiger partial charge in [-0.2, -0.15) is 0 Å². The highest BCUT2D eigenvalue weighted by Gasteiger charge is 2.09. The van der Waals surface area contributed by atoms with Gasteiger partial charge in [-0.1, -0.05) is 15.9 Å². The van der Waals surface area contributed by atoms with Gasteiger partial charge in [0.25, 0.3) is 0 Å². The number of methoxy groups -OCH3 is 1. The van der Waals surface area contributed by atoms with Gasteiger partial charge in [-0.3, -0.25) is 4.79 Å². The summed E-state index contributed by atoms with van der Waals surface area (Å²) in [5, 5.41) is 0. The van der Waals surface area contributed by atoms with Crippen molar-refractivity contribution in [3.05, 3.63) is 22.7 Å². The summed E-state index contributed by atoms with van der Waals surface area (Å²) < 4.78 is 6.28. The van der Waals surface area contributed by atoms with Gasteiger partial charge in [0.05, 0.1) is 12.8 Å². The minimum absolute atomic E-state index is 0.195. The van der Waals surface area contributed by atoms with Crippen molar-refractivity contribution in [3.63, 3.8) is 0 Å². The summed E-state index contributed by atoms with van der Waals surface area (Å²) in [5.74, 6) is 1.01. The number of carbonyl (C=O) groups is 1. The molecule has 0 aromatic heterocycles. The molecule has 0 saturated heterocycles. The molecule has 4 heteroatoms. The normalized spacial score (nSPS) is 10.0. The molecular formula is C12H16BrNO2. The van der Waals surface area contributed by atoms with Crippen LogP contribution in [0.1, 0.15) is 13.3 Å². The van der Waals surface area contributed by atoms with Gasteiger partial charge in [0.1, 0.15) is 11.5 Å². The van der Waals surface area contributed by atoms with Crippen molar-refractivity contribution in [2.24, 2.45) is 0 Å². The third-order valence-corrected chi connectivity index (χ3v) is 2.84. The lowest BCUT2D eigenvalue weighted by Gasteiger charge is -2.21. The average Bonchev–Trinajstić information content (AvgIpc) is 2.25. The second-order valence-corrected chi connectivity index (χ2v) is 4.61. The fraction of sp³-hybridized carbons (Fsp3) is 0.417. The quantitative estimate of drug-likeness (QED) is 0.833. The summed E-state index contributed by atoms with van der Waals surface area (Å²) in [4.78, 5) is 13.0. The first kappa shape index (κ1) is 13.0. The fourth-order valence-electron chi connectivity index (χ4n) is 1.41. The van der Waals surface area contributed by atoms with Crippen molar-refractivity contribution < 1.29 is 9.53 Å². The Morgan fingerprint density at radius 3 is 2.75 bits per heavy atom. The van der Waals surface area contributed by atoms with Gasteiger partial charge < -0.3 is 9.64 Å². The molecule has 0 fully saturated rings. The van der Waals surface area contributed by atoms with Crippen LogP contribution in [0.15, 0.2) is 22.7 Å². The van der Waals surface area contributed by atoms with E-state index in [9.17, 15) is 4.79 Å². The highest BCUT2D eigenvalue weighted by Crippen LogP contribution is 2.30. The first-order chi connectivity index (χ1) is 7.54. The first-order valence-electron chi connectivity index (χ1n) is 5.08. The van der Waals surface area contributed by atoms with E-state index >= 15 is 0 Å². The van der Waals surface area contributed by atoms with Gasteiger partial charge in [0.2, 0.25) is 0 Å². The minimum atomic E-state index is 0.195. The lowest BCUT2D eigenvalue weighted by atomic mass is 10.2. The van der Waals surface area contributed by atoms with Crippen molar-refractivity contribution in [1.82, 2.24) is 0 Å². The summed E-state index contributed by atoms with van der Waals surface area (Å²) in [6.07, 6.45) is 0.548. The largest absolute Gasteiger partial charge is 0.495 e. The number of carbonyl (C=O) groups excluding carboxylic acids is 1. The van der Waals surface area contributed by atoms with Crippen LogP contribution in [0.2, 0.25) is 0 Å². The van der Waals surface area contributed by atoms with Crippen molar-refractivity contribution in [1.29, 1.82) is 0 Å². The zero-order valence-corrected chi connectivity index (χ0v) is 11.4. The molecule has 0 aliphatic heterocycles. The molecule has 0 spiro atoms. The van der Waals surface area contributed by atoms with E-state index in [1.807, 2.05) is 30.1 Å². The number of rotatable bonds is 5. The molecule has 16 heavy (non-hydrogen) atoms. The standard InChI is InChI=1S/C12H16BrNO2/c1-9(15)6-7-14(2)11-8-10(13)4-5-12(11)16-3/h4-5,8H,6-7H2,1-3H3. The van der Waals surface area contributed by atoms with Crippen LogP contribution < -0.4 is 9.64 Å². The van der Waals surface area contributed by atoms with E-state index in [0.29, 0.717) is 13.0 Å². The topological polar surface area (TPSA) is 29.5 Å². The van der Waals surface area contributed by atoms with Crippen LogP contribution in [0.4, 0.5) is 5.69 Å². The van der Waals surface area contributed by atoms with E-state index in [1.165, 1.54) is 0 Å². The number of hydrogen-bond acceptors (Lipinski definition) is 3. The Bertz CT molecular complexity index is 379. The van der Waals surface area contributed by atoms with Crippen molar-refractivity contribution in [2.75, 3.05) is 25.6 Å². The zero-order valence-electron chi connectivity index (χ0n) is 9.79. The van der Waals surface area contributed by atoms with Crippen molar-refractivity contribution >= 4 is 27.4 Å². The number of Topliss-reactive ketones (excluding diaryl/α,β-unsaturated/α-hetero) is 1. The lowest BCUT2D eigenvalue weighted by molar-refractivity contribution is -0.116. The third kappa shape index (κ3) is 3.52. The van der Waals surface area contributed by atoms with Gasteiger partial charge in [-0.15, -0.1) is 0 Å². The van der Waals surface area contributed by atoms with Crippen LogP contribution in [0.5, 0.6) is 5.75 Å². The molecule has 0 saturated carbocycles. The highest BCUT2D eigenvalue weighted by atomic mass is 79.9. The van der Waals surface area contributed by atoms with Gasteiger partial charge >= 0.3 is 0 Å². The van der Waals surface area contributed by atoms with Crippen molar-refractivity contribution in [3.8, 4) is 5.75 Å². The Kier molecular flexibility index (Phi) is 4.80. The van der Waals surface area contributed by atoms with Crippen LogP contribution in [0.25, 0.3) is 0 Å². The summed E-state index contributed by atoms with van der Waals surface area (Å²) in [6.45, 7) is 2.30. The second-order valence-electron chi connectivity index (χ2n) is 3.69. The summed E-state index contributed by atoms with van der Waals surface area (Å²) in [7, 11) is 3.60. The van der Waals surface area contributed by atoms with Gasteiger partial charge in [-0.25, -0.2) is 0 Å². The van der Waals surface area contributed by atoms with E-state index in [2.05, 4.69) is 15.9 Å². The number of hydrogen-bond donors (Lipinski definition) is 0. The number of ether oxygens (including phenoxy) is 1. The predicted octanol–water partition coefficient (Wildman–Crippen LogP) is 2.87. The van der Waals surface area contributed by atoms with E-state index in [4.69, 9.17) is 4.74 Å². The maximum Gasteiger partial charge on any atom is 0.142 e. The van der Waals surface area contributed by atoms with Gasteiger partial charge in [0, 0.05) is 24.5 Å². The number of halogens is 1. The minimum Gasteiger partial charge on any atom is -0.495 e. The van der Waals surface area contributed by atoms with E-state index in [0.717, 1.165) is 15.9 Å². The second kappa shape index (κ2) is 5.89. The Morgan fingerprint density at radius 1 is 1.50 bits per heavy atom. The highest BCUT2D eigenvalue weighted by molar-refractivity contribution is 9.10. The van der Waals surface area contributed by atoms with Crippen LogP contribution in [0.3, 0.4) is 0 Å². The van der Waals surface area contributed by atoms with Crippen LogP contribution in [0, 0.1) is 0 Å². The van der Waals surface area contributed by atoms with Crippen LogP contribution in [-0.2, 0) is 4.79 Å². The van der Waals surface area contributed by atoms with Crippen molar-refractivity contribution in [2.45, 2.75) is 13.3 Å². The molecular weight excluding hydrogens is 270 g/mol.